The van der Waals surface area contributed by atoms with Crippen LogP contribution < -0.4 is 10.1 Å². The van der Waals surface area contributed by atoms with Gasteiger partial charge in [-0.05, 0) is 51.3 Å². The highest BCUT2D eigenvalue weighted by molar-refractivity contribution is 7.89. The lowest BCUT2D eigenvalue weighted by atomic mass is 9.95. The molecule has 0 saturated carbocycles. The van der Waals surface area contributed by atoms with Crippen molar-refractivity contribution >= 4 is 15.9 Å². The summed E-state index contributed by atoms with van der Waals surface area (Å²) in [5, 5.41) is 3.11. The van der Waals surface area contributed by atoms with E-state index in [1.807, 2.05) is 26.8 Å². The molecule has 2 heterocycles. The van der Waals surface area contributed by atoms with Crippen molar-refractivity contribution in [3.05, 3.63) is 58.7 Å². The summed E-state index contributed by atoms with van der Waals surface area (Å²) in [7, 11) is -3.72. The highest BCUT2D eigenvalue weighted by atomic mass is 32.2. The summed E-state index contributed by atoms with van der Waals surface area (Å²) >= 11 is 0. The van der Waals surface area contributed by atoms with Gasteiger partial charge in [-0.3, -0.25) is 4.79 Å². The molecule has 2 aromatic rings. The number of nitrogens with zero attached hydrogens (tertiary/aromatic N) is 1. The van der Waals surface area contributed by atoms with Gasteiger partial charge in [-0.1, -0.05) is 35.4 Å². The molecule has 0 aromatic heterocycles. The molecule has 1 saturated heterocycles. The summed E-state index contributed by atoms with van der Waals surface area (Å²) in [6, 6.07) is 10.0. The Hall–Kier alpha value is -2.38. The molecule has 4 rings (SSSR count). The maximum Gasteiger partial charge on any atom is 0.243 e. The number of hydrogen-bond donors (Lipinski definition) is 1. The second-order valence-electron chi connectivity index (χ2n) is 8.29. The van der Waals surface area contributed by atoms with Gasteiger partial charge in [0.1, 0.15) is 11.8 Å². The molecule has 1 N–H and O–H groups in total. The number of carbonyl (C=O) groups is 1. The third kappa shape index (κ3) is 3.84. The van der Waals surface area contributed by atoms with E-state index in [4.69, 9.17) is 4.74 Å². The standard InChI is InChI=1S/C23H28N2O4S/c1-15-6-8-18(9-7-15)30(27,28)25-11-4-5-21(25)23(26)24-20-10-12-29-22-17(3)13-16(2)14-19(20)22/h6-9,13-14,20-21H,4-5,10-12H2,1-3H3,(H,24,26)/t20?,21-/m0/s1. The summed E-state index contributed by atoms with van der Waals surface area (Å²) in [4.78, 5) is 13.4. The lowest BCUT2D eigenvalue weighted by molar-refractivity contribution is -0.125. The van der Waals surface area contributed by atoms with E-state index in [1.165, 1.54) is 4.31 Å². The number of sulfonamides is 1. The lowest BCUT2D eigenvalue weighted by Gasteiger charge is -2.30. The van der Waals surface area contributed by atoms with Crippen LogP contribution >= 0.6 is 0 Å². The van der Waals surface area contributed by atoms with Gasteiger partial charge in [0.2, 0.25) is 15.9 Å². The highest BCUT2D eigenvalue weighted by Crippen LogP contribution is 2.36. The highest BCUT2D eigenvalue weighted by Gasteiger charge is 2.40. The predicted octanol–water partition coefficient (Wildman–Crippen LogP) is 3.40. The maximum atomic E-state index is 13.2. The van der Waals surface area contributed by atoms with E-state index in [1.54, 1.807) is 24.3 Å². The van der Waals surface area contributed by atoms with Crippen LogP contribution in [0.15, 0.2) is 41.3 Å². The molecule has 1 fully saturated rings. The van der Waals surface area contributed by atoms with Crippen LogP contribution in [0.4, 0.5) is 0 Å². The first kappa shape index (κ1) is 20.9. The van der Waals surface area contributed by atoms with Crippen LogP contribution in [0.25, 0.3) is 0 Å². The minimum Gasteiger partial charge on any atom is -0.493 e. The Morgan fingerprint density at radius 2 is 1.80 bits per heavy atom. The average Bonchev–Trinajstić information content (AvgIpc) is 3.20. The quantitative estimate of drug-likeness (QED) is 0.810. The van der Waals surface area contributed by atoms with E-state index in [0.717, 1.165) is 28.0 Å². The third-order valence-electron chi connectivity index (χ3n) is 5.93. The molecular weight excluding hydrogens is 400 g/mol. The van der Waals surface area contributed by atoms with Crippen molar-refractivity contribution in [2.24, 2.45) is 0 Å². The molecular formula is C23H28N2O4S. The Bertz CT molecular complexity index is 1060. The van der Waals surface area contributed by atoms with Gasteiger partial charge in [0.05, 0.1) is 17.5 Å². The molecule has 2 atom stereocenters. The minimum absolute atomic E-state index is 0.177. The van der Waals surface area contributed by atoms with Crippen molar-refractivity contribution < 1.29 is 17.9 Å². The Balaban J connectivity index is 1.56. The van der Waals surface area contributed by atoms with E-state index in [-0.39, 0.29) is 16.8 Å². The summed E-state index contributed by atoms with van der Waals surface area (Å²) in [5.74, 6) is 0.591. The number of carbonyl (C=O) groups excluding carboxylic acids is 1. The number of hydrogen-bond acceptors (Lipinski definition) is 4. The zero-order chi connectivity index (χ0) is 21.5. The first-order valence-electron chi connectivity index (χ1n) is 10.4. The fraction of sp³-hybridized carbons (Fsp3) is 0.435. The van der Waals surface area contributed by atoms with Crippen molar-refractivity contribution in [1.82, 2.24) is 9.62 Å². The molecule has 0 aliphatic carbocycles. The van der Waals surface area contributed by atoms with Gasteiger partial charge in [0.25, 0.3) is 0 Å². The Kier molecular flexibility index (Phi) is 5.59. The summed E-state index contributed by atoms with van der Waals surface area (Å²) in [6.07, 6.45) is 1.87. The number of benzene rings is 2. The van der Waals surface area contributed by atoms with Crippen LogP contribution in [0, 0.1) is 20.8 Å². The van der Waals surface area contributed by atoms with E-state index < -0.39 is 16.1 Å². The molecule has 7 heteroatoms. The van der Waals surface area contributed by atoms with Crippen molar-refractivity contribution in [3.63, 3.8) is 0 Å². The maximum absolute atomic E-state index is 13.2. The number of aryl methyl sites for hydroxylation is 3. The van der Waals surface area contributed by atoms with Crippen LogP contribution in [-0.2, 0) is 14.8 Å². The molecule has 6 nitrogen and oxygen atoms in total. The van der Waals surface area contributed by atoms with Crippen molar-refractivity contribution in [2.45, 2.75) is 57.0 Å². The molecule has 1 amide bonds. The van der Waals surface area contributed by atoms with Crippen LogP contribution in [0.3, 0.4) is 0 Å². The van der Waals surface area contributed by atoms with Gasteiger partial charge in [0.15, 0.2) is 0 Å². The van der Waals surface area contributed by atoms with Crippen molar-refractivity contribution in [3.8, 4) is 5.75 Å². The summed E-state index contributed by atoms with van der Waals surface area (Å²) in [6.45, 7) is 6.82. The Morgan fingerprint density at radius 1 is 1.07 bits per heavy atom. The molecule has 0 bridgehead atoms. The predicted molar refractivity (Wildman–Crippen MR) is 115 cm³/mol. The lowest BCUT2D eigenvalue weighted by Crippen LogP contribution is -2.47. The normalized spacial score (nSPS) is 21.7. The Morgan fingerprint density at radius 3 is 2.53 bits per heavy atom. The first-order valence-corrected chi connectivity index (χ1v) is 11.8. The smallest absolute Gasteiger partial charge is 0.243 e. The number of rotatable bonds is 4. The van der Waals surface area contributed by atoms with E-state index in [0.29, 0.717) is 32.4 Å². The van der Waals surface area contributed by atoms with E-state index >= 15 is 0 Å². The molecule has 2 aliphatic rings. The van der Waals surface area contributed by atoms with Crippen LogP contribution in [-0.4, -0.2) is 37.8 Å². The topological polar surface area (TPSA) is 75.7 Å². The molecule has 2 aromatic carbocycles. The van der Waals surface area contributed by atoms with Gasteiger partial charge in [-0.15, -0.1) is 0 Å². The molecule has 30 heavy (non-hydrogen) atoms. The molecule has 0 spiro atoms. The van der Waals surface area contributed by atoms with Crippen LogP contribution in [0.1, 0.15) is 47.6 Å². The molecule has 2 aliphatic heterocycles. The van der Waals surface area contributed by atoms with Crippen molar-refractivity contribution in [2.75, 3.05) is 13.2 Å². The van der Waals surface area contributed by atoms with Gasteiger partial charge in [-0.25, -0.2) is 8.42 Å². The number of ether oxygens (including phenoxy) is 1. The summed E-state index contributed by atoms with van der Waals surface area (Å²) < 4.78 is 33.5. The van der Waals surface area contributed by atoms with E-state index in [2.05, 4.69) is 11.4 Å². The van der Waals surface area contributed by atoms with Gasteiger partial charge in [-0.2, -0.15) is 4.31 Å². The fourth-order valence-electron chi connectivity index (χ4n) is 4.43. The average molecular weight is 429 g/mol. The zero-order valence-electron chi connectivity index (χ0n) is 17.6. The van der Waals surface area contributed by atoms with Gasteiger partial charge < -0.3 is 10.1 Å². The van der Waals surface area contributed by atoms with Crippen LogP contribution in [0.5, 0.6) is 5.75 Å². The largest absolute Gasteiger partial charge is 0.493 e. The second kappa shape index (κ2) is 8.04. The number of fused-ring (bicyclic) bond motifs is 1. The zero-order valence-corrected chi connectivity index (χ0v) is 18.5. The number of nitrogens with one attached hydrogen (secondary N) is 1. The SMILES string of the molecule is Cc1ccc(S(=O)(=O)N2CCC[C@H]2C(=O)NC2CCOc3c(C)cc(C)cc32)cc1. The van der Waals surface area contributed by atoms with Gasteiger partial charge >= 0.3 is 0 Å². The molecule has 1 unspecified atom stereocenters. The minimum atomic E-state index is -3.72. The first-order chi connectivity index (χ1) is 14.3. The van der Waals surface area contributed by atoms with E-state index in [9.17, 15) is 13.2 Å². The van der Waals surface area contributed by atoms with Crippen LogP contribution in [0.2, 0.25) is 0 Å². The third-order valence-corrected chi connectivity index (χ3v) is 7.85. The molecule has 0 radical (unpaired) electrons. The monoisotopic (exact) mass is 428 g/mol. The Labute approximate surface area is 178 Å². The fourth-order valence-corrected chi connectivity index (χ4v) is 6.09. The second-order valence-corrected chi connectivity index (χ2v) is 10.2. The van der Waals surface area contributed by atoms with Gasteiger partial charge in [0, 0.05) is 18.5 Å². The molecule has 160 valence electrons. The summed E-state index contributed by atoms with van der Waals surface area (Å²) in [5.41, 5.74) is 4.13. The number of amides is 1. The van der Waals surface area contributed by atoms with Crippen molar-refractivity contribution in [1.29, 1.82) is 0 Å².